The van der Waals surface area contributed by atoms with Crippen molar-refractivity contribution < 1.29 is 13.2 Å². The Morgan fingerprint density at radius 3 is 2.04 bits per heavy atom. The van der Waals surface area contributed by atoms with Crippen LogP contribution in [0.1, 0.15) is 26.3 Å². The predicted molar refractivity (Wildman–Crippen MR) is 109 cm³/mol. The van der Waals surface area contributed by atoms with Gasteiger partial charge in [0.25, 0.3) is 10.0 Å². The fraction of sp³-hybridized carbons (Fsp3) is 0.316. The number of aryl methyl sites for hydroxylation is 1. The zero-order valence-electron chi connectivity index (χ0n) is 15.4. The third-order valence-electron chi connectivity index (χ3n) is 3.39. The summed E-state index contributed by atoms with van der Waals surface area (Å²) in [6, 6.07) is 13.2. The molecule has 0 aromatic heterocycles. The first-order chi connectivity index (χ1) is 12.0. The second kappa shape index (κ2) is 8.14. The number of sulfonamides is 1. The second-order valence-corrected chi connectivity index (χ2v) is 10.4. The Balaban J connectivity index is 1.99. The van der Waals surface area contributed by atoms with Gasteiger partial charge in [-0.25, -0.2) is 8.42 Å². The Hall–Kier alpha value is -1.99. The van der Waals surface area contributed by atoms with E-state index in [1.165, 1.54) is 0 Å². The SMILES string of the molecule is Cc1ccc(S(=O)(=O)Nc2ccc(NC(=O)CSC(C)(C)C)cc2)cc1. The van der Waals surface area contributed by atoms with Gasteiger partial charge in [0.15, 0.2) is 0 Å². The Morgan fingerprint density at radius 1 is 0.962 bits per heavy atom. The molecule has 2 N–H and O–H groups in total. The highest BCUT2D eigenvalue weighted by Crippen LogP contribution is 2.23. The highest BCUT2D eigenvalue weighted by molar-refractivity contribution is 8.01. The molecule has 0 atom stereocenters. The van der Waals surface area contributed by atoms with Crippen LogP contribution < -0.4 is 10.0 Å². The zero-order chi connectivity index (χ0) is 19.4. The van der Waals surface area contributed by atoms with Crippen LogP contribution in [0.25, 0.3) is 0 Å². The van der Waals surface area contributed by atoms with E-state index in [4.69, 9.17) is 0 Å². The van der Waals surface area contributed by atoms with E-state index in [2.05, 4.69) is 30.8 Å². The van der Waals surface area contributed by atoms with E-state index < -0.39 is 10.0 Å². The summed E-state index contributed by atoms with van der Waals surface area (Å²) in [4.78, 5) is 12.1. The standard InChI is InChI=1S/C19H24N2O3S2/c1-14-5-11-17(12-6-14)26(23,24)21-16-9-7-15(8-10-16)20-18(22)13-25-19(2,3)4/h5-12,21H,13H2,1-4H3,(H,20,22). The highest BCUT2D eigenvalue weighted by atomic mass is 32.2. The molecule has 0 aliphatic rings. The molecule has 1 amide bonds. The van der Waals surface area contributed by atoms with E-state index in [-0.39, 0.29) is 15.5 Å². The van der Waals surface area contributed by atoms with Gasteiger partial charge < -0.3 is 5.32 Å². The molecule has 2 rings (SSSR count). The molecule has 0 bridgehead atoms. The first-order valence-corrected chi connectivity index (χ1v) is 10.7. The largest absolute Gasteiger partial charge is 0.325 e. The summed E-state index contributed by atoms with van der Waals surface area (Å²) in [6.45, 7) is 8.07. The van der Waals surface area contributed by atoms with Crippen LogP contribution in [-0.2, 0) is 14.8 Å². The molecule has 2 aromatic rings. The summed E-state index contributed by atoms with van der Waals surface area (Å²) < 4.78 is 27.3. The van der Waals surface area contributed by atoms with Crippen LogP contribution in [0.3, 0.4) is 0 Å². The molecule has 0 radical (unpaired) electrons. The minimum atomic E-state index is -3.63. The number of carbonyl (C=O) groups excluding carboxylic acids is 1. The van der Waals surface area contributed by atoms with Gasteiger partial charge in [-0.15, -0.1) is 11.8 Å². The number of rotatable bonds is 6. The normalized spacial score (nSPS) is 11.8. The third kappa shape index (κ3) is 6.38. The van der Waals surface area contributed by atoms with Crippen molar-refractivity contribution in [3.8, 4) is 0 Å². The lowest BCUT2D eigenvalue weighted by Crippen LogP contribution is -2.19. The van der Waals surface area contributed by atoms with E-state index in [0.717, 1.165) is 5.56 Å². The molecule has 0 unspecified atom stereocenters. The number of hydrogen-bond acceptors (Lipinski definition) is 4. The highest BCUT2D eigenvalue weighted by Gasteiger charge is 2.15. The topological polar surface area (TPSA) is 75.3 Å². The van der Waals surface area contributed by atoms with Crippen LogP contribution in [0.15, 0.2) is 53.4 Å². The molecule has 0 saturated carbocycles. The maximum Gasteiger partial charge on any atom is 0.261 e. The van der Waals surface area contributed by atoms with Crippen molar-refractivity contribution >= 4 is 39.1 Å². The van der Waals surface area contributed by atoms with Gasteiger partial charge in [-0.05, 0) is 43.3 Å². The summed E-state index contributed by atoms with van der Waals surface area (Å²) in [6.07, 6.45) is 0. The average molecular weight is 393 g/mol. The van der Waals surface area contributed by atoms with Gasteiger partial charge in [0.05, 0.1) is 10.6 Å². The molecule has 2 aromatic carbocycles. The van der Waals surface area contributed by atoms with Crippen molar-refractivity contribution in [2.75, 3.05) is 15.8 Å². The Morgan fingerprint density at radius 2 is 1.50 bits per heavy atom. The lowest BCUT2D eigenvalue weighted by molar-refractivity contribution is -0.113. The molecular formula is C19H24N2O3S2. The van der Waals surface area contributed by atoms with E-state index in [1.54, 1.807) is 60.3 Å². The van der Waals surface area contributed by atoms with Crippen molar-refractivity contribution in [1.82, 2.24) is 0 Å². The number of anilines is 2. The van der Waals surface area contributed by atoms with E-state index in [1.807, 2.05) is 6.92 Å². The molecule has 7 heteroatoms. The van der Waals surface area contributed by atoms with Crippen LogP contribution >= 0.6 is 11.8 Å². The maximum atomic E-state index is 12.4. The van der Waals surface area contributed by atoms with Crippen LogP contribution in [0.2, 0.25) is 0 Å². The molecule has 26 heavy (non-hydrogen) atoms. The van der Waals surface area contributed by atoms with E-state index in [0.29, 0.717) is 17.1 Å². The monoisotopic (exact) mass is 392 g/mol. The van der Waals surface area contributed by atoms with Crippen LogP contribution in [0.4, 0.5) is 11.4 Å². The molecule has 0 heterocycles. The van der Waals surface area contributed by atoms with Crippen molar-refractivity contribution in [1.29, 1.82) is 0 Å². The number of carbonyl (C=O) groups is 1. The number of thioether (sulfide) groups is 1. The lowest BCUT2D eigenvalue weighted by Gasteiger charge is -2.17. The van der Waals surface area contributed by atoms with Crippen LogP contribution in [0, 0.1) is 6.92 Å². The summed E-state index contributed by atoms with van der Waals surface area (Å²) in [7, 11) is -3.63. The molecule has 0 aliphatic heterocycles. The van der Waals surface area contributed by atoms with Gasteiger partial charge in [0, 0.05) is 16.1 Å². The van der Waals surface area contributed by atoms with E-state index >= 15 is 0 Å². The molecule has 0 spiro atoms. The molecule has 0 fully saturated rings. The molecule has 140 valence electrons. The molecular weight excluding hydrogens is 368 g/mol. The molecule has 0 aliphatic carbocycles. The fourth-order valence-corrected chi connectivity index (χ4v) is 3.73. The van der Waals surface area contributed by atoms with Gasteiger partial charge in [0.1, 0.15) is 0 Å². The van der Waals surface area contributed by atoms with Gasteiger partial charge in [-0.1, -0.05) is 38.5 Å². The van der Waals surface area contributed by atoms with Gasteiger partial charge in [0.2, 0.25) is 5.91 Å². The number of benzene rings is 2. The summed E-state index contributed by atoms with van der Waals surface area (Å²) >= 11 is 1.57. The lowest BCUT2D eigenvalue weighted by atomic mass is 10.2. The average Bonchev–Trinajstić information content (AvgIpc) is 2.54. The first kappa shape index (κ1) is 20.3. The summed E-state index contributed by atoms with van der Waals surface area (Å²) in [5.74, 6) is 0.281. The van der Waals surface area contributed by atoms with Crippen LogP contribution in [-0.4, -0.2) is 24.8 Å². The fourth-order valence-electron chi connectivity index (χ4n) is 2.03. The van der Waals surface area contributed by atoms with Crippen molar-refractivity contribution in [2.45, 2.75) is 37.3 Å². The van der Waals surface area contributed by atoms with Gasteiger partial charge in [-0.2, -0.15) is 0 Å². The Kier molecular flexibility index (Phi) is 6.36. The molecule has 5 nitrogen and oxygen atoms in total. The van der Waals surface area contributed by atoms with E-state index in [9.17, 15) is 13.2 Å². The maximum absolute atomic E-state index is 12.4. The summed E-state index contributed by atoms with van der Waals surface area (Å²) in [5.41, 5.74) is 2.06. The minimum absolute atomic E-state index is 0.0233. The molecule has 0 saturated heterocycles. The van der Waals surface area contributed by atoms with Crippen molar-refractivity contribution in [3.05, 3.63) is 54.1 Å². The number of amides is 1. The summed E-state index contributed by atoms with van der Waals surface area (Å²) in [5, 5.41) is 2.81. The smallest absolute Gasteiger partial charge is 0.261 e. The number of hydrogen-bond donors (Lipinski definition) is 2. The zero-order valence-corrected chi connectivity index (χ0v) is 17.0. The predicted octanol–water partition coefficient (Wildman–Crippen LogP) is 4.27. The Labute approximate surface area is 159 Å². The van der Waals surface area contributed by atoms with Gasteiger partial charge >= 0.3 is 0 Å². The minimum Gasteiger partial charge on any atom is -0.325 e. The van der Waals surface area contributed by atoms with Crippen molar-refractivity contribution in [3.63, 3.8) is 0 Å². The van der Waals surface area contributed by atoms with Gasteiger partial charge in [-0.3, -0.25) is 9.52 Å². The first-order valence-electron chi connectivity index (χ1n) is 8.18. The second-order valence-electron chi connectivity index (χ2n) is 6.95. The Bertz CT molecular complexity index is 853. The number of nitrogens with one attached hydrogen (secondary N) is 2. The quantitative estimate of drug-likeness (QED) is 0.770. The van der Waals surface area contributed by atoms with Crippen LogP contribution in [0.5, 0.6) is 0 Å². The van der Waals surface area contributed by atoms with Crippen molar-refractivity contribution in [2.24, 2.45) is 0 Å². The third-order valence-corrected chi connectivity index (χ3v) is 6.06.